The molecule has 0 radical (unpaired) electrons. The Bertz CT molecular complexity index is 1030. The van der Waals surface area contributed by atoms with Crippen LogP contribution < -0.4 is 5.56 Å². The number of H-pyrrole nitrogens is 1. The van der Waals surface area contributed by atoms with E-state index in [2.05, 4.69) is 18.8 Å². The highest BCUT2D eigenvalue weighted by Gasteiger charge is 2.27. The van der Waals surface area contributed by atoms with Crippen LogP contribution in [-0.4, -0.2) is 15.2 Å². The second-order valence-corrected chi connectivity index (χ2v) is 7.02. The fourth-order valence-electron chi connectivity index (χ4n) is 3.63. The van der Waals surface area contributed by atoms with Gasteiger partial charge in [0.2, 0.25) is 0 Å². The van der Waals surface area contributed by atoms with Crippen molar-refractivity contribution in [3.8, 4) is 0 Å². The van der Waals surface area contributed by atoms with Gasteiger partial charge in [0.25, 0.3) is 5.56 Å². The molecule has 5 heteroatoms. The third kappa shape index (κ3) is 2.51. The van der Waals surface area contributed by atoms with Crippen LogP contribution in [0.5, 0.6) is 0 Å². The summed E-state index contributed by atoms with van der Waals surface area (Å²) in [7, 11) is 0. The Hall–Kier alpha value is -2.69. The molecule has 2 aromatic heterocycles. The highest BCUT2D eigenvalue weighted by molar-refractivity contribution is 6.12. The van der Waals surface area contributed by atoms with Crippen molar-refractivity contribution in [1.82, 2.24) is 9.38 Å². The summed E-state index contributed by atoms with van der Waals surface area (Å²) in [5, 5.41) is 0. The van der Waals surface area contributed by atoms with Crippen molar-refractivity contribution in [3.05, 3.63) is 75.1 Å². The van der Waals surface area contributed by atoms with Crippen LogP contribution in [0, 0.1) is 17.7 Å². The number of nitrogens with zero attached hydrogens (tertiary/aromatic N) is 1. The molecule has 1 aliphatic rings. The number of halogens is 1. The van der Waals surface area contributed by atoms with Gasteiger partial charge in [0.05, 0.1) is 5.56 Å². The Balaban J connectivity index is 1.90. The Morgan fingerprint density at radius 3 is 2.48 bits per heavy atom. The maximum Gasteiger partial charge on any atom is 0.256 e. The molecule has 1 aliphatic carbocycles. The van der Waals surface area contributed by atoms with Gasteiger partial charge < -0.3 is 4.98 Å². The minimum Gasteiger partial charge on any atom is -0.343 e. The van der Waals surface area contributed by atoms with Gasteiger partial charge in [0.1, 0.15) is 11.5 Å². The zero-order chi connectivity index (χ0) is 17.7. The van der Waals surface area contributed by atoms with Crippen LogP contribution in [0.3, 0.4) is 0 Å². The zero-order valence-corrected chi connectivity index (χ0v) is 14.2. The maximum absolute atomic E-state index is 13.1. The summed E-state index contributed by atoms with van der Waals surface area (Å²) < 4.78 is 14.8. The molecule has 25 heavy (non-hydrogen) atoms. The molecule has 1 N–H and O–H groups in total. The highest BCUT2D eigenvalue weighted by atomic mass is 19.1. The van der Waals surface area contributed by atoms with E-state index in [9.17, 15) is 14.0 Å². The lowest BCUT2D eigenvalue weighted by molar-refractivity contribution is 0.103. The quantitative estimate of drug-likeness (QED) is 0.729. The first-order valence-electron chi connectivity index (χ1n) is 8.51. The molecule has 0 amide bonds. The molecule has 0 fully saturated rings. The summed E-state index contributed by atoms with van der Waals surface area (Å²) in [6.07, 6.45) is 1.67. The molecule has 2 atom stereocenters. The van der Waals surface area contributed by atoms with Gasteiger partial charge in [0, 0.05) is 23.0 Å². The molecular formula is C20H19FN2O2. The van der Waals surface area contributed by atoms with E-state index >= 15 is 0 Å². The molecular weight excluding hydrogens is 319 g/mol. The van der Waals surface area contributed by atoms with Crippen molar-refractivity contribution in [2.24, 2.45) is 11.8 Å². The molecule has 4 nitrogen and oxygen atoms in total. The van der Waals surface area contributed by atoms with Crippen molar-refractivity contribution in [1.29, 1.82) is 0 Å². The molecule has 4 rings (SSSR count). The number of nitrogens with one attached hydrogen (secondary N) is 1. The zero-order valence-electron chi connectivity index (χ0n) is 14.2. The van der Waals surface area contributed by atoms with E-state index < -0.39 is 0 Å². The number of carbonyl (C=O) groups excluding carboxylic acids is 1. The van der Waals surface area contributed by atoms with Gasteiger partial charge in [-0.05, 0) is 55.0 Å². The molecule has 2 heterocycles. The molecule has 0 saturated carbocycles. The van der Waals surface area contributed by atoms with E-state index in [1.54, 1.807) is 10.5 Å². The second kappa shape index (κ2) is 5.69. The molecule has 0 aliphatic heterocycles. The Labute approximate surface area is 144 Å². The molecule has 3 aromatic rings. The van der Waals surface area contributed by atoms with E-state index in [1.807, 2.05) is 0 Å². The van der Waals surface area contributed by atoms with Crippen LogP contribution in [0.25, 0.3) is 5.65 Å². The van der Waals surface area contributed by atoms with Gasteiger partial charge in [-0.15, -0.1) is 0 Å². The van der Waals surface area contributed by atoms with Crippen molar-refractivity contribution in [2.75, 3.05) is 0 Å². The van der Waals surface area contributed by atoms with Gasteiger partial charge >= 0.3 is 0 Å². The Morgan fingerprint density at radius 2 is 1.76 bits per heavy atom. The average molecular weight is 338 g/mol. The number of carbonyl (C=O) groups is 1. The molecule has 128 valence electrons. The van der Waals surface area contributed by atoms with Crippen LogP contribution in [0.15, 0.2) is 41.2 Å². The minimum atomic E-state index is -0.385. The summed E-state index contributed by atoms with van der Waals surface area (Å²) in [6.45, 7) is 4.39. The predicted molar refractivity (Wildman–Crippen MR) is 93.6 cm³/mol. The van der Waals surface area contributed by atoms with Crippen molar-refractivity contribution in [3.63, 3.8) is 0 Å². The summed E-state index contributed by atoms with van der Waals surface area (Å²) in [4.78, 5) is 28.6. The Kier molecular flexibility index (Phi) is 3.60. The number of aromatic nitrogens is 2. The molecule has 0 spiro atoms. The van der Waals surface area contributed by atoms with Gasteiger partial charge in [-0.2, -0.15) is 0 Å². The molecule has 2 unspecified atom stereocenters. The number of hydrogen-bond donors (Lipinski definition) is 1. The first kappa shape index (κ1) is 15.8. The highest BCUT2D eigenvalue weighted by Crippen LogP contribution is 2.30. The van der Waals surface area contributed by atoms with Crippen LogP contribution in [-0.2, 0) is 12.8 Å². The molecule has 0 saturated heterocycles. The van der Waals surface area contributed by atoms with Crippen molar-refractivity contribution in [2.45, 2.75) is 26.7 Å². The lowest BCUT2D eigenvalue weighted by Crippen LogP contribution is -2.24. The van der Waals surface area contributed by atoms with Crippen LogP contribution in [0.1, 0.15) is 41.2 Å². The number of benzene rings is 1. The maximum atomic E-state index is 13.1. The normalized spacial score (nSPS) is 19.8. The number of fused-ring (bicyclic) bond motifs is 3. The molecule has 0 bridgehead atoms. The summed E-state index contributed by atoms with van der Waals surface area (Å²) in [6, 6.07) is 8.45. The van der Waals surface area contributed by atoms with E-state index in [0.717, 1.165) is 24.2 Å². The summed E-state index contributed by atoms with van der Waals surface area (Å²) in [5.41, 5.74) is 3.23. The SMILES string of the molecule is CC1Cc2[nH]c3c(C(=O)c4ccc(F)cc4)ccc(=O)n3c2CC1C. The van der Waals surface area contributed by atoms with Gasteiger partial charge in [-0.25, -0.2) is 4.39 Å². The topological polar surface area (TPSA) is 54.3 Å². The lowest BCUT2D eigenvalue weighted by atomic mass is 9.82. The number of aromatic amines is 1. The van der Waals surface area contributed by atoms with Gasteiger partial charge in [-0.1, -0.05) is 13.8 Å². The van der Waals surface area contributed by atoms with E-state index in [-0.39, 0.29) is 17.2 Å². The monoisotopic (exact) mass is 338 g/mol. The lowest BCUT2D eigenvalue weighted by Gasteiger charge is -2.25. The summed E-state index contributed by atoms with van der Waals surface area (Å²) >= 11 is 0. The third-order valence-electron chi connectivity index (χ3n) is 5.34. The largest absolute Gasteiger partial charge is 0.343 e. The van der Waals surface area contributed by atoms with Crippen molar-refractivity contribution >= 4 is 11.4 Å². The average Bonchev–Trinajstić information content (AvgIpc) is 2.95. The fraction of sp³-hybridized carbons (Fsp3) is 0.300. The van der Waals surface area contributed by atoms with Crippen LogP contribution >= 0.6 is 0 Å². The number of rotatable bonds is 2. The van der Waals surface area contributed by atoms with Crippen LogP contribution in [0.4, 0.5) is 4.39 Å². The fourth-order valence-corrected chi connectivity index (χ4v) is 3.63. The van der Waals surface area contributed by atoms with E-state index in [4.69, 9.17) is 0 Å². The summed E-state index contributed by atoms with van der Waals surface area (Å²) in [5.74, 6) is 0.392. The standard InChI is InChI=1S/C20H19FN2O2/c1-11-9-16-17(10-12(11)2)23-18(24)8-7-15(20(23)22-16)19(25)13-3-5-14(21)6-4-13/h3-8,11-12,22H,9-10H2,1-2H3. The van der Waals surface area contributed by atoms with Gasteiger partial charge in [-0.3, -0.25) is 14.0 Å². The van der Waals surface area contributed by atoms with Gasteiger partial charge in [0.15, 0.2) is 5.78 Å². The molecule has 1 aromatic carbocycles. The van der Waals surface area contributed by atoms with Crippen LogP contribution in [0.2, 0.25) is 0 Å². The third-order valence-corrected chi connectivity index (χ3v) is 5.34. The smallest absolute Gasteiger partial charge is 0.256 e. The van der Waals surface area contributed by atoms with E-state index in [0.29, 0.717) is 28.6 Å². The minimum absolute atomic E-state index is 0.134. The second-order valence-electron chi connectivity index (χ2n) is 7.02. The predicted octanol–water partition coefficient (Wildman–Crippen LogP) is 3.37. The first-order chi connectivity index (χ1) is 12.0. The number of imidazole rings is 1. The number of hydrogen-bond acceptors (Lipinski definition) is 2. The van der Waals surface area contributed by atoms with Crippen molar-refractivity contribution < 1.29 is 9.18 Å². The number of ketones is 1. The first-order valence-corrected chi connectivity index (χ1v) is 8.51. The van der Waals surface area contributed by atoms with E-state index in [1.165, 1.54) is 30.3 Å². The number of pyridine rings is 1. The Morgan fingerprint density at radius 1 is 1.08 bits per heavy atom.